The van der Waals surface area contributed by atoms with Crippen LogP contribution in [-0.2, 0) is 4.74 Å². The summed E-state index contributed by atoms with van der Waals surface area (Å²) in [6.45, 7) is 3.75. The Morgan fingerprint density at radius 1 is 1.44 bits per heavy atom. The maximum atomic E-state index is 5.85. The number of hydrogen-bond donors (Lipinski definition) is 1. The normalized spacial score (nSPS) is 29.1. The lowest BCUT2D eigenvalue weighted by Gasteiger charge is -2.38. The summed E-state index contributed by atoms with van der Waals surface area (Å²) >= 11 is 0. The van der Waals surface area contributed by atoms with Crippen molar-refractivity contribution >= 4 is 5.82 Å². The number of nitrogens with zero attached hydrogens (tertiary/aromatic N) is 2. The molecule has 0 bridgehead atoms. The van der Waals surface area contributed by atoms with E-state index in [1.165, 1.54) is 19.3 Å². The van der Waals surface area contributed by atoms with Crippen LogP contribution in [0.15, 0.2) is 18.3 Å². The molecular weight excluding hydrogens is 226 g/mol. The summed E-state index contributed by atoms with van der Waals surface area (Å²) in [5, 5.41) is 0. The maximum absolute atomic E-state index is 5.85. The van der Waals surface area contributed by atoms with Gasteiger partial charge in [0.25, 0.3) is 0 Å². The average molecular weight is 247 g/mol. The van der Waals surface area contributed by atoms with E-state index >= 15 is 0 Å². The Morgan fingerprint density at radius 3 is 3.06 bits per heavy atom. The third-order valence-corrected chi connectivity index (χ3v) is 4.07. The van der Waals surface area contributed by atoms with Crippen molar-refractivity contribution in [2.45, 2.75) is 44.4 Å². The molecular formula is C14H21N3O. The molecule has 2 aliphatic rings. The Labute approximate surface area is 108 Å². The van der Waals surface area contributed by atoms with Crippen LogP contribution < -0.4 is 10.6 Å². The quantitative estimate of drug-likeness (QED) is 0.866. The molecule has 1 aliphatic carbocycles. The van der Waals surface area contributed by atoms with E-state index in [-0.39, 0.29) is 6.04 Å². The number of aromatic nitrogens is 1. The van der Waals surface area contributed by atoms with Crippen LogP contribution >= 0.6 is 0 Å². The van der Waals surface area contributed by atoms with Gasteiger partial charge in [-0.15, -0.1) is 0 Å². The summed E-state index contributed by atoms with van der Waals surface area (Å²) in [6, 6.07) is 4.76. The van der Waals surface area contributed by atoms with Crippen LogP contribution in [-0.4, -0.2) is 30.3 Å². The van der Waals surface area contributed by atoms with Gasteiger partial charge in [0.15, 0.2) is 0 Å². The van der Waals surface area contributed by atoms with Gasteiger partial charge in [-0.25, -0.2) is 4.98 Å². The summed E-state index contributed by atoms with van der Waals surface area (Å²) in [5.41, 5.74) is 6.95. The Bertz CT molecular complexity index is 404. The van der Waals surface area contributed by atoms with E-state index in [1.54, 1.807) is 0 Å². The van der Waals surface area contributed by atoms with Gasteiger partial charge >= 0.3 is 0 Å². The summed E-state index contributed by atoms with van der Waals surface area (Å²) in [4.78, 5) is 6.98. The van der Waals surface area contributed by atoms with E-state index in [0.717, 1.165) is 24.5 Å². The topological polar surface area (TPSA) is 51.4 Å². The molecule has 0 aromatic carbocycles. The molecule has 4 heteroatoms. The number of nitrogens with two attached hydrogens (primary N) is 1. The predicted octanol–water partition coefficient (Wildman–Crippen LogP) is 1.86. The number of anilines is 1. The summed E-state index contributed by atoms with van der Waals surface area (Å²) in [7, 11) is 0. The molecule has 3 atom stereocenters. The number of hydrogen-bond acceptors (Lipinski definition) is 4. The lowest BCUT2D eigenvalue weighted by molar-refractivity contribution is 0.0253. The molecule has 18 heavy (non-hydrogen) atoms. The molecule has 2 unspecified atom stereocenters. The molecule has 3 rings (SSSR count). The molecule has 0 spiro atoms. The molecule has 1 aliphatic heterocycles. The van der Waals surface area contributed by atoms with Crippen LogP contribution in [0.1, 0.15) is 37.8 Å². The van der Waals surface area contributed by atoms with E-state index in [4.69, 9.17) is 10.5 Å². The zero-order valence-electron chi connectivity index (χ0n) is 10.9. The van der Waals surface area contributed by atoms with Crippen molar-refractivity contribution in [2.75, 3.05) is 18.1 Å². The Kier molecular flexibility index (Phi) is 3.22. The fourth-order valence-electron chi connectivity index (χ4n) is 3.05. The van der Waals surface area contributed by atoms with Crippen molar-refractivity contribution in [1.29, 1.82) is 0 Å². The molecule has 98 valence electrons. The Hall–Kier alpha value is -1.13. The minimum Gasteiger partial charge on any atom is -0.374 e. The van der Waals surface area contributed by atoms with Crippen LogP contribution in [0.25, 0.3) is 0 Å². The number of pyridine rings is 1. The van der Waals surface area contributed by atoms with Crippen molar-refractivity contribution in [3.05, 3.63) is 23.9 Å². The molecule has 4 nitrogen and oxygen atoms in total. The SMILES string of the molecule is C[C@H](N)c1ccc(N2CCOC3CCCC32)nc1. The van der Waals surface area contributed by atoms with Gasteiger partial charge < -0.3 is 15.4 Å². The largest absolute Gasteiger partial charge is 0.374 e. The van der Waals surface area contributed by atoms with Crippen LogP contribution in [0.3, 0.4) is 0 Å². The van der Waals surface area contributed by atoms with Crippen molar-refractivity contribution in [1.82, 2.24) is 4.98 Å². The number of fused-ring (bicyclic) bond motifs is 1. The summed E-state index contributed by atoms with van der Waals surface area (Å²) in [5.74, 6) is 1.07. The van der Waals surface area contributed by atoms with Crippen LogP contribution in [0.4, 0.5) is 5.82 Å². The molecule has 0 radical (unpaired) electrons. The second kappa shape index (κ2) is 4.86. The van der Waals surface area contributed by atoms with Gasteiger partial charge in [0.2, 0.25) is 0 Å². The first-order valence-corrected chi connectivity index (χ1v) is 6.85. The lowest BCUT2D eigenvalue weighted by Crippen LogP contribution is -2.49. The molecule has 0 amide bonds. The first kappa shape index (κ1) is 11.9. The highest BCUT2D eigenvalue weighted by Gasteiger charge is 2.36. The van der Waals surface area contributed by atoms with Gasteiger partial charge in [-0.2, -0.15) is 0 Å². The van der Waals surface area contributed by atoms with E-state index in [2.05, 4.69) is 22.0 Å². The highest BCUT2D eigenvalue weighted by Crippen LogP contribution is 2.32. The van der Waals surface area contributed by atoms with Crippen LogP contribution in [0.5, 0.6) is 0 Å². The zero-order chi connectivity index (χ0) is 12.5. The average Bonchev–Trinajstić information content (AvgIpc) is 2.87. The lowest BCUT2D eigenvalue weighted by atomic mass is 10.1. The smallest absolute Gasteiger partial charge is 0.128 e. The van der Waals surface area contributed by atoms with Crippen molar-refractivity contribution in [2.24, 2.45) is 5.73 Å². The molecule has 1 aromatic heterocycles. The first-order chi connectivity index (χ1) is 8.75. The first-order valence-electron chi connectivity index (χ1n) is 6.85. The Balaban J connectivity index is 1.80. The number of rotatable bonds is 2. The van der Waals surface area contributed by atoms with Crippen LogP contribution in [0.2, 0.25) is 0 Å². The molecule has 1 saturated carbocycles. The minimum atomic E-state index is 0.0514. The molecule has 2 heterocycles. The zero-order valence-corrected chi connectivity index (χ0v) is 10.9. The highest BCUT2D eigenvalue weighted by atomic mass is 16.5. The van der Waals surface area contributed by atoms with Gasteiger partial charge in [0, 0.05) is 18.8 Å². The van der Waals surface area contributed by atoms with Gasteiger partial charge in [-0.05, 0) is 37.8 Å². The van der Waals surface area contributed by atoms with E-state index < -0.39 is 0 Å². The fraction of sp³-hybridized carbons (Fsp3) is 0.643. The van der Waals surface area contributed by atoms with E-state index in [0.29, 0.717) is 12.1 Å². The predicted molar refractivity (Wildman–Crippen MR) is 71.6 cm³/mol. The fourth-order valence-corrected chi connectivity index (χ4v) is 3.05. The van der Waals surface area contributed by atoms with Gasteiger partial charge in [-0.1, -0.05) is 6.07 Å². The Morgan fingerprint density at radius 2 is 2.33 bits per heavy atom. The monoisotopic (exact) mass is 247 g/mol. The third kappa shape index (κ3) is 2.10. The van der Waals surface area contributed by atoms with Gasteiger partial charge in [-0.3, -0.25) is 0 Å². The minimum absolute atomic E-state index is 0.0514. The van der Waals surface area contributed by atoms with Crippen molar-refractivity contribution in [3.63, 3.8) is 0 Å². The molecule has 2 N–H and O–H groups in total. The van der Waals surface area contributed by atoms with Crippen LogP contribution in [0, 0.1) is 0 Å². The van der Waals surface area contributed by atoms with E-state index in [1.807, 2.05) is 13.1 Å². The maximum Gasteiger partial charge on any atom is 0.128 e. The van der Waals surface area contributed by atoms with Crippen molar-refractivity contribution in [3.8, 4) is 0 Å². The molecule has 2 fully saturated rings. The second-order valence-corrected chi connectivity index (χ2v) is 5.34. The van der Waals surface area contributed by atoms with Gasteiger partial charge in [0.05, 0.1) is 18.8 Å². The van der Waals surface area contributed by atoms with E-state index in [9.17, 15) is 0 Å². The number of ether oxygens (including phenoxy) is 1. The summed E-state index contributed by atoms with van der Waals surface area (Å²) in [6.07, 6.45) is 6.00. The molecule has 1 aromatic rings. The molecule has 1 saturated heterocycles. The number of morpholine rings is 1. The summed E-state index contributed by atoms with van der Waals surface area (Å²) < 4.78 is 5.83. The third-order valence-electron chi connectivity index (χ3n) is 4.07. The van der Waals surface area contributed by atoms with Crippen molar-refractivity contribution < 1.29 is 4.74 Å². The highest BCUT2D eigenvalue weighted by molar-refractivity contribution is 5.42. The second-order valence-electron chi connectivity index (χ2n) is 5.34. The standard InChI is InChI=1S/C14H21N3O/c1-10(15)11-5-6-14(16-9-11)17-7-8-18-13-4-2-3-12(13)17/h5-6,9-10,12-13H,2-4,7-8,15H2,1H3/t10-,12?,13?/m0/s1. The van der Waals surface area contributed by atoms with Gasteiger partial charge in [0.1, 0.15) is 5.82 Å².